The molecule has 4 nitrogen and oxygen atoms in total. The van der Waals surface area contributed by atoms with Crippen molar-refractivity contribution in [3.63, 3.8) is 0 Å². The SMILES string of the molecule is COc1ccc(N2CCC(CO)C2(C)C)cc1OC. The number of rotatable bonds is 4. The third-order valence-corrected chi connectivity index (χ3v) is 4.30. The Morgan fingerprint density at radius 3 is 2.47 bits per heavy atom. The molecule has 1 atom stereocenters. The van der Waals surface area contributed by atoms with E-state index < -0.39 is 0 Å². The van der Waals surface area contributed by atoms with Gasteiger partial charge in [-0.2, -0.15) is 0 Å². The quantitative estimate of drug-likeness (QED) is 0.907. The van der Waals surface area contributed by atoms with E-state index in [0.29, 0.717) is 5.92 Å². The zero-order valence-corrected chi connectivity index (χ0v) is 12.1. The molecule has 1 aliphatic rings. The Kier molecular flexibility index (Phi) is 3.90. The number of methoxy groups -OCH3 is 2. The summed E-state index contributed by atoms with van der Waals surface area (Å²) in [5, 5.41) is 9.48. The van der Waals surface area contributed by atoms with Gasteiger partial charge in [-0.15, -0.1) is 0 Å². The van der Waals surface area contributed by atoms with Crippen LogP contribution < -0.4 is 14.4 Å². The van der Waals surface area contributed by atoms with Crippen molar-refractivity contribution in [3.8, 4) is 11.5 Å². The molecule has 1 aromatic carbocycles. The molecule has 0 saturated carbocycles. The Bertz CT molecular complexity index is 445. The smallest absolute Gasteiger partial charge is 0.162 e. The van der Waals surface area contributed by atoms with Crippen LogP contribution in [-0.4, -0.2) is 38.0 Å². The second-order valence-electron chi connectivity index (χ2n) is 5.51. The molecule has 1 heterocycles. The van der Waals surface area contributed by atoms with Gasteiger partial charge in [-0.3, -0.25) is 0 Å². The summed E-state index contributed by atoms with van der Waals surface area (Å²) in [6, 6.07) is 5.97. The lowest BCUT2D eigenvalue weighted by atomic mass is 9.89. The predicted molar refractivity (Wildman–Crippen MR) is 76.2 cm³/mol. The summed E-state index contributed by atoms with van der Waals surface area (Å²) in [6.45, 7) is 5.54. The molecule has 1 N–H and O–H groups in total. The molecule has 0 spiro atoms. The minimum absolute atomic E-state index is 0.0473. The topological polar surface area (TPSA) is 41.9 Å². The Morgan fingerprint density at radius 1 is 1.26 bits per heavy atom. The number of hydrogen-bond acceptors (Lipinski definition) is 4. The predicted octanol–water partition coefficient (Wildman–Crippen LogP) is 2.30. The maximum absolute atomic E-state index is 9.48. The molecule has 0 aromatic heterocycles. The Balaban J connectivity index is 2.32. The molecular formula is C15H23NO3. The lowest BCUT2D eigenvalue weighted by Crippen LogP contribution is -2.43. The molecule has 4 heteroatoms. The summed E-state index contributed by atoms with van der Waals surface area (Å²) in [6.07, 6.45) is 1.01. The van der Waals surface area contributed by atoms with E-state index in [-0.39, 0.29) is 12.1 Å². The van der Waals surface area contributed by atoms with Gasteiger partial charge >= 0.3 is 0 Å². The van der Waals surface area contributed by atoms with Crippen molar-refractivity contribution in [2.24, 2.45) is 5.92 Å². The van der Waals surface area contributed by atoms with E-state index in [0.717, 1.165) is 30.2 Å². The van der Waals surface area contributed by atoms with E-state index in [1.165, 1.54) is 0 Å². The van der Waals surface area contributed by atoms with Gasteiger partial charge in [0.15, 0.2) is 11.5 Å². The third kappa shape index (κ3) is 2.37. The third-order valence-electron chi connectivity index (χ3n) is 4.30. The van der Waals surface area contributed by atoms with Crippen molar-refractivity contribution >= 4 is 5.69 Å². The summed E-state index contributed by atoms with van der Waals surface area (Å²) in [5.74, 6) is 1.78. The van der Waals surface area contributed by atoms with Crippen molar-refractivity contribution in [2.75, 3.05) is 32.3 Å². The first-order valence-corrected chi connectivity index (χ1v) is 6.65. The van der Waals surface area contributed by atoms with E-state index in [4.69, 9.17) is 9.47 Å². The van der Waals surface area contributed by atoms with E-state index >= 15 is 0 Å². The molecule has 0 amide bonds. The monoisotopic (exact) mass is 265 g/mol. The number of aliphatic hydroxyl groups is 1. The average molecular weight is 265 g/mol. The zero-order chi connectivity index (χ0) is 14.0. The molecule has 2 rings (SSSR count). The van der Waals surface area contributed by atoms with Gasteiger partial charge in [0.25, 0.3) is 0 Å². The number of aliphatic hydroxyl groups excluding tert-OH is 1. The lowest BCUT2D eigenvalue weighted by molar-refractivity contribution is 0.189. The first-order valence-electron chi connectivity index (χ1n) is 6.65. The summed E-state index contributed by atoms with van der Waals surface area (Å²) in [4.78, 5) is 2.33. The minimum atomic E-state index is -0.0473. The van der Waals surface area contributed by atoms with E-state index in [9.17, 15) is 5.11 Å². The van der Waals surface area contributed by atoms with E-state index in [1.807, 2.05) is 18.2 Å². The van der Waals surface area contributed by atoms with Crippen LogP contribution in [0, 0.1) is 5.92 Å². The lowest BCUT2D eigenvalue weighted by Gasteiger charge is -2.37. The van der Waals surface area contributed by atoms with Crippen LogP contribution in [0.1, 0.15) is 20.3 Å². The van der Waals surface area contributed by atoms with Gasteiger partial charge < -0.3 is 19.5 Å². The fourth-order valence-corrected chi connectivity index (χ4v) is 2.92. The zero-order valence-electron chi connectivity index (χ0n) is 12.1. The molecule has 0 aliphatic carbocycles. The van der Waals surface area contributed by atoms with Crippen LogP contribution in [0.4, 0.5) is 5.69 Å². The molecule has 1 fully saturated rings. The molecule has 0 radical (unpaired) electrons. The number of nitrogens with zero attached hydrogens (tertiary/aromatic N) is 1. The van der Waals surface area contributed by atoms with Gasteiger partial charge in [0.1, 0.15) is 0 Å². The summed E-state index contributed by atoms with van der Waals surface area (Å²) >= 11 is 0. The van der Waals surface area contributed by atoms with Gasteiger partial charge in [0.05, 0.1) is 14.2 Å². The maximum Gasteiger partial charge on any atom is 0.162 e. The molecule has 0 bridgehead atoms. The number of hydrogen-bond donors (Lipinski definition) is 1. The van der Waals surface area contributed by atoms with Crippen LogP contribution in [-0.2, 0) is 0 Å². The maximum atomic E-state index is 9.48. The molecule has 1 aromatic rings. The molecule has 1 unspecified atom stereocenters. The number of ether oxygens (including phenoxy) is 2. The van der Waals surface area contributed by atoms with E-state index in [1.54, 1.807) is 14.2 Å². The van der Waals surface area contributed by atoms with Gasteiger partial charge in [0.2, 0.25) is 0 Å². The Morgan fingerprint density at radius 2 is 1.95 bits per heavy atom. The van der Waals surface area contributed by atoms with Crippen LogP contribution in [0.15, 0.2) is 18.2 Å². The van der Waals surface area contributed by atoms with Gasteiger partial charge in [-0.1, -0.05) is 0 Å². The second-order valence-corrected chi connectivity index (χ2v) is 5.51. The normalized spacial score (nSPS) is 21.5. The van der Waals surface area contributed by atoms with Crippen LogP contribution in [0.2, 0.25) is 0 Å². The van der Waals surface area contributed by atoms with Crippen molar-refractivity contribution in [1.29, 1.82) is 0 Å². The summed E-state index contributed by atoms with van der Waals surface area (Å²) in [5.41, 5.74) is 1.06. The molecule has 106 valence electrons. The van der Waals surface area contributed by atoms with Crippen LogP contribution in [0.3, 0.4) is 0 Å². The fourth-order valence-electron chi connectivity index (χ4n) is 2.92. The fraction of sp³-hybridized carbons (Fsp3) is 0.600. The molecule has 19 heavy (non-hydrogen) atoms. The minimum Gasteiger partial charge on any atom is -0.493 e. The van der Waals surface area contributed by atoms with E-state index in [2.05, 4.69) is 18.7 Å². The van der Waals surface area contributed by atoms with Crippen molar-refractivity contribution < 1.29 is 14.6 Å². The highest BCUT2D eigenvalue weighted by molar-refractivity contribution is 5.58. The first-order chi connectivity index (χ1) is 9.04. The van der Waals surface area contributed by atoms with Crippen LogP contribution >= 0.6 is 0 Å². The largest absolute Gasteiger partial charge is 0.493 e. The van der Waals surface area contributed by atoms with Crippen molar-refractivity contribution in [3.05, 3.63) is 18.2 Å². The first kappa shape index (κ1) is 14.0. The summed E-state index contributed by atoms with van der Waals surface area (Å²) < 4.78 is 10.6. The average Bonchev–Trinajstić information content (AvgIpc) is 2.72. The highest BCUT2D eigenvalue weighted by Gasteiger charge is 2.40. The molecule has 1 aliphatic heterocycles. The molecule has 1 saturated heterocycles. The number of benzene rings is 1. The Labute approximate surface area is 114 Å². The second kappa shape index (κ2) is 5.29. The summed E-state index contributed by atoms with van der Waals surface area (Å²) in [7, 11) is 3.28. The molecular weight excluding hydrogens is 242 g/mol. The van der Waals surface area contributed by atoms with Crippen molar-refractivity contribution in [1.82, 2.24) is 0 Å². The highest BCUT2D eigenvalue weighted by Crippen LogP contribution is 2.40. The number of anilines is 1. The standard InChI is InChI=1S/C15H23NO3/c1-15(2)11(10-17)7-8-16(15)12-5-6-13(18-3)14(9-12)19-4/h5-6,9,11,17H,7-8,10H2,1-4H3. The highest BCUT2D eigenvalue weighted by atomic mass is 16.5. The van der Waals surface area contributed by atoms with Gasteiger partial charge in [-0.25, -0.2) is 0 Å². The van der Waals surface area contributed by atoms with Gasteiger partial charge in [0, 0.05) is 36.4 Å². The van der Waals surface area contributed by atoms with Gasteiger partial charge in [-0.05, 0) is 32.4 Å². The van der Waals surface area contributed by atoms with Crippen molar-refractivity contribution in [2.45, 2.75) is 25.8 Å². The van der Waals surface area contributed by atoms with Crippen LogP contribution in [0.5, 0.6) is 11.5 Å². The Hall–Kier alpha value is -1.42. The van der Waals surface area contributed by atoms with Crippen LogP contribution in [0.25, 0.3) is 0 Å².